The maximum Gasteiger partial charge on any atom is 0.164 e. The average molecular weight is 813 g/mol. The average Bonchev–Trinajstić information content (AvgIpc) is 4.02. The lowest BCUT2D eigenvalue weighted by Crippen LogP contribution is -2.01. The van der Waals surface area contributed by atoms with Crippen molar-refractivity contribution in [2.24, 2.45) is 0 Å². The second kappa shape index (κ2) is 13.5. The van der Waals surface area contributed by atoms with Gasteiger partial charge in [-0.25, -0.2) is 15.0 Å². The van der Waals surface area contributed by atoms with Crippen molar-refractivity contribution < 1.29 is 0 Å². The van der Waals surface area contributed by atoms with E-state index >= 15 is 0 Å². The maximum absolute atomic E-state index is 5.36. The summed E-state index contributed by atoms with van der Waals surface area (Å²) in [6.45, 7) is 0. The molecular weight excluding hydrogens is 781 g/mol. The van der Waals surface area contributed by atoms with E-state index in [0.29, 0.717) is 17.5 Å². The van der Waals surface area contributed by atoms with E-state index in [1.807, 2.05) is 40.9 Å². The first kappa shape index (κ1) is 34.4. The Hall–Kier alpha value is -7.51. The minimum Gasteiger partial charge on any atom is -0.308 e. The topological polar surface area (TPSA) is 43.6 Å². The quantitative estimate of drug-likeness (QED) is 0.174. The Labute approximate surface area is 358 Å². The molecule has 0 N–H and O–H groups in total. The van der Waals surface area contributed by atoms with Gasteiger partial charge in [-0.1, -0.05) is 152 Å². The number of nitrogens with zero attached hydrogens (tertiary/aromatic N) is 4. The van der Waals surface area contributed by atoms with Crippen LogP contribution in [0.1, 0.15) is 0 Å². The molecule has 0 unspecified atom stereocenters. The summed E-state index contributed by atoms with van der Waals surface area (Å²) >= 11 is 3.69. The van der Waals surface area contributed by atoms with E-state index in [9.17, 15) is 0 Å². The van der Waals surface area contributed by atoms with Crippen molar-refractivity contribution in [2.75, 3.05) is 0 Å². The van der Waals surface area contributed by atoms with Crippen LogP contribution < -0.4 is 0 Å². The third kappa shape index (κ3) is 5.33. The van der Waals surface area contributed by atoms with Crippen molar-refractivity contribution in [3.63, 3.8) is 0 Å². The molecule has 0 fully saturated rings. The first-order chi connectivity index (χ1) is 30.2. The molecule has 284 valence electrons. The van der Waals surface area contributed by atoms with Crippen LogP contribution in [-0.2, 0) is 0 Å². The van der Waals surface area contributed by atoms with Crippen molar-refractivity contribution in [1.29, 1.82) is 0 Å². The van der Waals surface area contributed by atoms with Crippen LogP contribution in [0.2, 0.25) is 0 Å². The van der Waals surface area contributed by atoms with Crippen molar-refractivity contribution >= 4 is 95.6 Å². The van der Waals surface area contributed by atoms with E-state index in [1.165, 1.54) is 73.1 Å². The van der Waals surface area contributed by atoms with Gasteiger partial charge in [0, 0.05) is 68.8 Å². The number of hydrogen-bond acceptors (Lipinski definition) is 5. The summed E-state index contributed by atoms with van der Waals surface area (Å²) in [6.07, 6.45) is 0. The fraction of sp³-hybridized carbons (Fsp3) is 0. The summed E-state index contributed by atoms with van der Waals surface area (Å²) < 4.78 is 7.48. The molecule has 4 heterocycles. The standard InChI is InChI=1S/C55H32N4S2/c1-3-15-33(16-4-1)35-29-30-46-43(32-35)48-42(25-14-28-47(48)60-46)55-57-53(34-17-5-2-6-18-34)56-54(58-55)36-19-13-20-37(31-36)59-44-26-11-9-23-40(44)49-38-21-7-8-22-39(38)50-41-24-10-12-27-45(41)61-52(50)51(49)59/h1-32H. The Balaban J connectivity index is 1.06. The summed E-state index contributed by atoms with van der Waals surface area (Å²) in [5.74, 6) is 1.92. The molecule has 0 atom stereocenters. The van der Waals surface area contributed by atoms with Gasteiger partial charge in [-0.2, -0.15) is 0 Å². The third-order valence-electron chi connectivity index (χ3n) is 12.0. The molecule has 0 spiro atoms. The van der Waals surface area contributed by atoms with E-state index in [0.717, 1.165) is 33.3 Å². The molecule has 0 aliphatic carbocycles. The van der Waals surface area contributed by atoms with Gasteiger partial charge in [0.2, 0.25) is 0 Å². The van der Waals surface area contributed by atoms with E-state index in [2.05, 4.69) is 180 Å². The van der Waals surface area contributed by atoms with Gasteiger partial charge in [-0.3, -0.25) is 0 Å². The van der Waals surface area contributed by atoms with Gasteiger partial charge in [0.05, 0.1) is 15.7 Å². The lowest BCUT2D eigenvalue weighted by molar-refractivity contribution is 1.07. The molecule has 0 saturated carbocycles. The molecule has 0 amide bonds. The Morgan fingerprint density at radius 3 is 1.77 bits per heavy atom. The van der Waals surface area contributed by atoms with E-state index in [1.54, 1.807) is 0 Å². The Morgan fingerprint density at radius 2 is 0.951 bits per heavy atom. The fourth-order valence-corrected chi connectivity index (χ4v) is 11.7. The third-order valence-corrected chi connectivity index (χ3v) is 14.3. The van der Waals surface area contributed by atoms with Gasteiger partial charge in [0.15, 0.2) is 17.5 Å². The summed E-state index contributed by atoms with van der Waals surface area (Å²) in [4.78, 5) is 15.8. The fourth-order valence-electron chi connectivity index (χ4n) is 9.34. The highest BCUT2D eigenvalue weighted by Crippen LogP contribution is 2.48. The Bertz CT molecular complexity index is 3880. The van der Waals surface area contributed by atoms with Gasteiger partial charge in [-0.15, -0.1) is 22.7 Å². The molecule has 13 rings (SSSR count). The number of hydrogen-bond donors (Lipinski definition) is 0. The molecule has 4 nitrogen and oxygen atoms in total. The number of rotatable bonds is 5. The minimum atomic E-state index is 0.630. The van der Waals surface area contributed by atoms with Crippen LogP contribution in [0.5, 0.6) is 0 Å². The van der Waals surface area contributed by atoms with Crippen molar-refractivity contribution in [3.05, 3.63) is 194 Å². The second-order valence-electron chi connectivity index (χ2n) is 15.5. The van der Waals surface area contributed by atoms with E-state index in [-0.39, 0.29) is 0 Å². The Kier molecular flexibility index (Phi) is 7.61. The zero-order chi connectivity index (χ0) is 40.0. The normalized spacial score (nSPS) is 11.9. The predicted molar refractivity (Wildman–Crippen MR) is 259 cm³/mol. The summed E-state index contributed by atoms with van der Waals surface area (Å²) in [7, 11) is 0. The molecule has 0 radical (unpaired) electrons. The highest BCUT2D eigenvalue weighted by molar-refractivity contribution is 7.27. The van der Waals surface area contributed by atoms with Crippen LogP contribution >= 0.6 is 22.7 Å². The minimum absolute atomic E-state index is 0.630. The molecule has 61 heavy (non-hydrogen) atoms. The van der Waals surface area contributed by atoms with Gasteiger partial charge in [-0.05, 0) is 64.4 Å². The molecule has 4 aromatic heterocycles. The highest BCUT2D eigenvalue weighted by atomic mass is 32.1. The number of thiophene rings is 2. The SMILES string of the molecule is c1ccc(-c2ccc3sc4cccc(-c5nc(-c6ccccc6)nc(-c6cccc(-n7c8ccccc8c8c9ccccc9c9c%10ccccc%10sc9c87)c6)n5)c4c3c2)cc1. The summed E-state index contributed by atoms with van der Waals surface area (Å²) in [6, 6.07) is 69.4. The predicted octanol–water partition coefficient (Wildman–Crippen LogP) is 15.5. The molecule has 0 aliphatic rings. The molecule has 0 saturated heterocycles. The molecule has 13 aromatic rings. The van der Waals surface area contributed by atoms with Crippen LogP contribution in [0.3, 0.4) is 0 Å². The van der Waals surface area contributed by atoms with Crippen molar-refractivity contribution in [3.8, 4) is 51.0 Å². The van der Waals surface area contributed by atoms with Gasteiger partial charge in [0.1, 0.15) is 0 Å². The van der Waals surface area contributed by atoms with Gasteiger partial charge < -0.3 is 4.57 Å². The van der Waals surface area contributed by atoms with Crippen LogP contribution in [0.4, 0.5) is 0 Å². The van der Waals surface area contributed by atoms with E-state index in [4.69, 9.17) is 15.0 Å². The number of fused-ring (bicyclic) bond motifs is 13. The van der Waals surface area contributed by atoms with Gasteiger partial charge >= 0.3 is 0 Å². The van der Waals surface area contributed by atoms with Crippen LogP contribution in [-0.4, -0.2) is 19.5 Å². The summed E-state index contributed by atoms with van der Waals surface area (Å²) in [5.41, 5.74) is 8.68. The van der Waals surface area contributed by atoms with Gasteiger partial charge in [0.25, 0.3) is 0 Å². The van der Waals surface area contributed by atoms with Crippen LogP contribution in [0.25, 0.3) is 124 Å². The smallest absolute Gasteiger partial charge is 0.164 e. The lowest BCUT2D eigenvalue weighted by Gasteiger charge is -2.13. The number of para-hydroxylation sites is 1. The molecule has 0 bridgehead atoms. The zero-order valence-electron chi connectivity index (χ0n) is 32.6. The molecular formula is C55H32N4S2. The van der Waals surface area contributed by atoms with Crippen LogP contribution in [0, 0.1) is 0 Å². The molecule has 0 aliphatic heterocycles. The summed E-state index contributed by atoms with van der Waals surface area (Å²) in [5, 5.41) is 10.0. The number of benzene rings is 9. The van der Waals surface area contributed by atoms with Crippen molar-refractivity contribution in [2.45, 2.75) is 0 Å². The second-order valence-corrected chi connectivity index (χ2v) is 17.6. The largest absolute Gasteiger partial charge is 0.308 e. The lowest BCUT2D eigenvalue weighted by atomic mass is 9.99. The highest BCUT2D eigenvalue weighted by Gasteiger charge is 2.23. The van der Waals surface area contributed by atoms with E-state index < -0.39 is 0 Å². The maximum atomic E-state index is 5.36. The monoisotopic (exact) mass is 812 g/mol. The number of aromatic nitrogens is 4. The first-order valence-corrected chi connectivity index (χ1v) is 22.1. The molecule has 9 aromatic carbocycles. The zero-order valence-corrected chi connectivity index (χ0v) is 34.2. The first-order valence-electron chi connectivity index (χ1n) is 20.4. The molecule has 6 heteroatoms. The van der Waals surface area contributed by atoms with Crippen LogP contribution in [0.15, 0.2) is 194 Å². The Morgan fingerprint density at radius 1 is 0.344 bits per heavy atom. The van der Waals surface area contributed by atoms with Crippen molar-refractivity contribution in [1.82, 2.24) is 19.5 Å².